The minimum Gasteiger partial charge on any atom is -0.480 e. The number of rotatable bonds is 8. The van der Waals surface area contributed by atoms with Gasteiger partial charge in [-0.2, -0.15) is 4.72 Å². The Morgan fingerprint density at radius 1 is 1.00 bits per heavy atom. The SMILES string of the molecule is CCCNS(=O)(=O)c1ccc(S(=O)(=O)NCC(=O)O)cc1. The second kappa shape index (κ2) is 6.98. The Balaban J connectivity index is 2.95. The van der Waals surface area contributed by atoms with Gasteiger partial charge in [-0.25, -0.2) is 21.6 Å². The third-order valence-corrected chi connectivity index (χ3v) is 5.29. The third kappa shape index (κ3) is 5.08. The summed E-state index contributed by atoms with van der Waals surface area (Å²) in [5.74, 6) is -1.32. The van der Waals surface area contributed by atoms with Gasteiger partial charge < -0.3 is 5.11 Å². The standard InChI is InChI=1S/C11H16N2O6S2/c1-2-7-12-20(16,17)9-3-5-10(6-4-9)21(18,19)13-8-11(14)15/h3-6,12-13H,2,7-8H2,1H3,(H,14,15). The van der Waals surface area contributed by atoms with Crippen LogP contribution in [-0.4, -0.2) is 41.0 Å². The van der Waals surface area contributed by atoms with E-state index in [1.54, 1.807) is 0 Å². The number of carboxylic acid groups (broad SMARTS) is 1. The topological polar surface area (TPSA) is 130 Å². The van der Waals surface area contributed by atoms with Crippen LogP contribution in [0.15, 0.2) is 34.1 Å². The van der Waals surface area contributed by atoms with Crippen molar-refractivity contribution >= 4 is 26.0 Å². The maximum atomic E-state index is 11.8. The van der Waals surface area contributed by atoms with Crippen LogP contribution >= 0.6 is 0 Å². The lowest BCUT2D eigenvalue weighted by Gasteiger charge is -2.07. The Kier molecular flexibility index (Phi) is 5.84. The Morgan fingerprint density at radius 3 is 1.81 bits per heavy atom. The van der Waals surface area contributed by atoms with Gasteiger partial charge in [-0.15, -0.1) is 0 Å². The zero-order valence-electron chi connectivity index (χ0n) is 11.2. The van der Waals surface area contributed by atoms with Gasteiger partial charge in [-0.1, -0.05) is 6.92 Å². The van der Waals surface area contributed by atoms with Crippen LogP contribution in [0.25, 0.3) is 0 Å². The van der Waals surface area contributed by atoms with Gasteiger partial charge in [0.05, 0.1) is 9.79 Å². The molecule has 0 aliphatic carbocycles. The Morgan fingerprint density at radius 2 is 1.43 bits per heavy atom. The largest absolute Gasteiger partial charge is 0.480 e. The highest BCUT2D eigenvalue weighted by Gasteiger charge is 2.18. The second-order valence-electron chi connectivity index (χ2n) is 4.09. The predicted molar refractivity (Wildman–Crippen MR) is 74.7 cm³/mol. The van der Waals surface area contributed by atoms with Gasteiger partial charge >= 0.3 is 5.97 Å². The summed E-state index contributed by atoms with van der Waals surface area (Å²) in [6, 6.07) is 4.50. The molecule has 10 heteroatoms. The van der Waals surface area contributed by atoms with Gasteiger partial charge in [0.2, 0.25) is 20.0 Å². The van der Waals surface area contributed by atoms with Crippen molar-refractivity contribution in [3.05, 3.63) is 24.3 Å². The van der Waals surface area contributed by atoms with Crippen LogP contribution in [0.3, 0.4) is 0 Å². The highest BCUT2D eigenvalue weighted by atomic mass is 32.2. The molecule has 8 nitrogen and oxygen atoms in total. The van der Waals surface area contributed by atoms with Gasteiger partial charge in [0.25, 0.3) is 0 Å². The lowest BCUT2D eigenvalue weighted by Crippen LogP contribution is -2.29. The monoisotopic (exact) mass is 336 g/mol. The number of carbonyl (C=O) groups is 1. The molecule has 0 saturated carbocycles. The van der Waals surface area contributed by atoms with E-state index in [0.717, 1.165) is 24.3 Å². The zero-order chi connectivity index (χ0) is 16.1. The molecule has 118 valence electrons. The summed E-state index contributed by atoms with van der Waals surface area (Å²) in [4.78, 5) is 10.1. The molecule has 0 unspecified atom stereocenters. The smallest absolute Gasteiger partial charge is 0.318 e. The van der Waals surface area contributed by atoms with Crippen LogP contribution in [0.1, 0.15) is 13.3 Å². The van der Waals surface area contributed by atoms with Crippen molar-refractivity contribution in [2.45, 2.75) is 23.1 Å². The summed E-state index contributed by atoms with van der Waals surface area (Å²) < 4.78 is 51.3. The van der Waals surface area contributed by atoms with E-state index in [1.807, 2.05) is 11.6 Å². The molecule has 0 atom stereocenters. The highest BCUT2D eigenvalue weighted by Crippen LogP contribution is 2.14. The zero-order valence-corrected chi connectivity index (χ0v) is 12.9. The molecule has 1 rings (SSSR count). The maximum absolute atomic E-state index is 11.8. The van der Waals surface area contributed by atoms with E-state index in [9.17, 15) is 21.6 Å². The number of sulfonamides is 2. The van der Waals surface area contributed by atoms with E-state index in [2.05, 4.69) is 4.72 Å². The van der Waals surface area contributed by atoms with Crippen LogP contribution in [0.5, 0.6) is 0 Å². The minimum absolute atomic E-state index is 0.0619. The lowest BCUT2D eigenvalue weighted by atomic mass is 10.4. The Bertz CT molecular complexity index is 695. The molecule has 0 amide bonds. The lowest BCUT2D eigenvalue weighted by molar-refractivity contribution is -0.135. The number of aliphatic carboxylic acids is 1. The number of benzene rings is 1. The summed E-state index contributed by atoms with van der Waals surface area (Å²) in [6.45, 7) is 1.34. The molecule has 0 aliphatic rings. The van der Waals surface area contributed by atoms with Crippen molar-refractivity contribution in [1.82, 2.24) is 9.44 Å². The molecule has 0 saturated heterocycles. The van der Waals surface area contributed by atoms with E-state index in [-0.39, 0.29) is 16.3 Å². The van der Waals surface area contributed by atoms with Crippen LogP contribution < -0.4 is 9.44 Å². The molecule has 21 heavy (non-hydrogen) atoms. The second-order valence-corrected chi connectivity index (χ2v) is 7.62. The van der Waals surface area contributed by atoms with Gasteiger partial charge in [0.1, 0.15) is 6.54 Å². The molecule has 0 bridgehead atoms. The fourth-order valence-electron chi connectivity index (χ4n) is 1.36. The fraction of sp³-hybridized carbons (Fsp3) is 0.364. The number of hydrogen-bond acceptors (Lipinski definition) is 5. The van der Waals surface area contributed by atoms with Crippen molar-refractivity contribution in [3.63, 3.8) is 0 Å². The quantitative estimate of drug-likeness (QED) is 0.599. The first-order valence-corrected chi connectivity index (χ1v) is 8.97. The summed E-state index contributed by atoms with van der Waals surface area (Å²) in [5, 5.41) is 8.44. The molecule has 0 radical (unpaired) electrons. The van der Waals surface area contributed by atoms with Gasteiger partial charge in [0, 0.05) is 6.54 Å². The molecular formula is C11H16N2O6S2. The molecule has 0 aliphatic heterocycles. The van der Waals surface area contributed by atoms with Gasteiger partial charge in [0.15, 0.2) is 0 Å². The van der Waals surface area contributed by atoms with Crippen molar-refractivity contribution in [2.75, 3.05) is 13.1 Å². The average molecular weight is 336 g/mol. The minimum atomic E-state index is -3.98. The number of nitrogens with one attached hydrogen (secondary N) is 2. The molecule has 0 aromatic heterocycles. The molecule has 1 aromatic carbocycles. The summed E-state index contributed by atoms with van der Waals surface area (Å²) in [5.41, 5.74) is 0. The van der Waals surface area contributed by atoms with E-state index in [0.29, 0.717) is 6.42 Å². The van der Waals surface area contributed by atoms with Gasteiger partial charge in [-0.05, 0) is 30.7 Å². The maximum Gasteiger partial charge on any atom is 0.318 e. The first kappa shape index (κ1) is 17.6. The molecule has 0 heterocycles. The van der Waals surface area contributed by atoms with Crippen molar-refractivity contribution in [3.8, 4) is 0 Å². The average Bonchev–Trinajstić information content (AvgIpc) is 2.43. The first-order valence-electron chi connectivity index (χ1n) is 6.00. The van der Waals surface area contributed by atoms with Crippen LogP contribution in [-0.2, 0) is 24.8 Å². The summed E-state index contributed by atoms with van der Waals surface area (Å²) in [6.07, 6.45) is 0.630. The summed E-state index contributed by atoms with van der Waals surface area (Å²) in [7, 11) is -7.65. The third-order valence-electron chi connectivity index (χ3n) is 2.40. The van der Waals surface area contributed by atoms with Crippen LogP contribution in [0.2, 0.25) is 0 Å². The van der Waals surface area contributed by atoms with Crippen LogP contribution in [0.4, 0.5) is 0 Å². The van der Waals surface area contributed by atoms with E-state index in [4.69, 9.17) is 5.11 Å². The molecule has 0 spiro atoms. The Labute approximate surface area is 123 Å². The molecule has 0 fully saturated rings. The van der Waals surface area contributed by atoms with E-state index < -0.39 is 32.6 Å². The molecule has 3 N–H and O–H groups in total. The highest BCUT2D eigenvalue weighted by molar-refractivity contribution is 7.90. The number of carboxylic acids is 1. The normalized spacial score (nSPS) is 12.2. The summed E-state index contributed by atoms with van der Waals surface area (Å²) >= 11 is 0. The van der Waals surface area contributed by atoms with Crippen molar-refractivity contribution in [2.24, 2.45) is 0 Å². The van der Waals surface area contributed by atoms with E-state index in [1.165, 1.54) is 0 Å². The fourth-order valence-corrected chi connectivity index (χ4v) is 3.47. The molecular weight excluding hydrogens is 320 g/mol. The van der Waals surface area contributed by atoms with Gasteiger partial charge in [-0.3, -0.25) is 4.79 Å². The number of hydrogen-bond donors (Lipinski definition) is 3. The van der Waals surface area contributed by atoms with Crippen molar-refractivity contribution < 1.29 is 26.7 Å². The Hall–Kier alpha value is -1.49. The van der Waals surface area contributed by atoms with E-state index >= 15 is 0 Å². The van der Waals surface area contributed by atoms with Crippen LogP contribution in [0, 0.1) is 0 Å². The first-order chi connectivity index (χ1) is 9.69. The van der Waals surface area contributed by atoms with Crippen molar-refractivity contribution in [1.29, 1.82) is 0 Å². The predicted octanol–water partition coefficient (Wildman–Crippen LogP) is -0.262. The molecule has 1 aromatic rings.